The summed E-state index contributed by atoms with van der Waals surface area (Å²) in [6, 6.07) is 14.5. The van der Waals surface area contributed by atoms with Crippen molar-refractivity contribution in [1.29, 1.82) is 0 Å². The fourth-order valence-corrected chi connectivity index (χ4v) is 4.52. The average molecular weight is 379 g/mol. The van der Waals surface area contributed by atoms with E-state index in [4.69, 9.17) is 5.73 Å². The molecule has 3 nitrogen and oxygen atoms in total. The molecule has 3 rings (SSSR count). The van der Waals surface area contributed by atoms with E-state index in [0.717, 1.165) is 19.3 Å². The van der Waals surface area contributed by atoms with Gasteiger partial charge in [0.25, 0.3) is 0 Å². The number of hydrogen-bond acceptors (Lipinski definition) is 3. The molecule has 0 aliphatic heterocycles. The zero-order chi connectivity index (χ0) is 16.9. The number of halogens is 1. The monoisotopic (exact) mass is 378 g/mol. The summed E-state index contributed by atoms with van der Waals surface area (Å²) in [7, 11) is 0. The van der Waals surface area contributed by atoms with Crippen LogP contribution in [0.4, 0.5) is 0 Å². The molecule has 1 saturated carbocycles. The number of benzene rings is 1. The molecule has 1 unspecified atom stereocenters. The summed E-state index contributed by atoms with van der Waals surface area (Å²) in [6.07, 6.45) is 3.17. The van der Waals surface area contributed by atoms with Crippen LogP contribution < -0.4 is 5.73 Å². The maximum atomic E-state index is 13.3. The van der Waals surface area contributed by atoms with Crippen LogP contribution in [0.2, 0.25) is 0 Å². The van der Waals surface area contributed by atoms with Crippen molar-refractivity contribution in [2.24, 2.45) is 17.6 Å². The Morgan fingerprint density at radius 1 is 1.24 bits per heavy atom. The summed E-state index contributed by atoms with van der Waals surface area (Å²) < 4.78 is 0. The molecule has 1 fully saturated rings. The Hall–Kier alpha value is -1.36. The van der Waals surface area contributed by atoms with Crippen molar-refractivity contribution in [3.63, 3.8) is 0 Å². The van der Waals surface area contributed by atoms with Crippen LogP contribution in [0.3, 0.4) is 0 Å². The van der Waals surface area contributed by atoms with Crippen molar-refractivity contribution in [2.75, 3.05) is 6.54 Å². The van der Waals surface area contributed by atoms with Gasteiger partial charge < -0.3 is 10.6 Å². The van der Waals surface area contributed by atoms with Crippen LogP contribution in [0.5, 0.6) is 0 Å². The topological polar surface area (TPSA) is 46.3 Å². The summed E-state index contributed by atoms with van der Waals surface area (Å²) in [6.45, 7) is 3.41. The smallest absolute Gasteiger partial charge is 0.226 e. The Kier molecular flexibility index (Phi) is 7.48. The predicted molar refractivity (Wildman–Crippen MR) is 107 cm³/mol. The zero-order valence-electron chi connectivity index (χ0n) is 14.6. The standard InChI is InChI=1S/C20H26N2OS.ClH/c1-15(19-11-6-12-24-19)22(14-16-7-3-2-4-8-16)20(23)18-10-5-9-17(18)13-21;/h2-4,6-8,11-12,15,17-18H,5,9-10,13-14,21H2,1H3;1H/t15?,17-,18-;/m1./s1. The van der Waals surface area contributed by atoms with Gasteiger partial charge in [-0.05, 0) is 49.2 Å². The molecular formula is C20H27ClN2OS. The van der Waals surface area contributed by atoms with E-state index in [2.05, 4.69) is 41.5 Å². The number of amides is 1. The molecule has 2 N–H and O–H groups in total. The Bertz CT molecular complexity index is 647. The van der Waals surface area contributed by atoms with Gasteiger partial charge in [0.15, 0.2) is 0 Å². The molecule has 1 aromatic carbocycles. The molecule has 0 bridgehead atoms. The van der Waals surface area contributed by atoms with Gasteiger partial charge in [0, 0.05) is 17.3 Å². The summed E-state index contributed by atoms with van der Waals surface area (Å²) >= 11 is 1.72. The second kappa shape index (κ2) is 9.37. The van der Waals surface area contributed by atoms with Gasteiger partial charge in [-0.25, -0.2) is 0 Å². The number of carbonyl (C=O) groups excluding carboxylic acids is 1. The van der Waals surface area contributed by atoms with Gasteiger partial charge in [-0.3, -0.25) is 4.79 Å². The van der Waals surface area contributed by atoms with Crippen LogP contribution in [0.25, 0.3) is 0 Å². The zero-order valence-corrected chi connectivity index (χ0v) is 16.3. The van der Waals surface area contributed by atoms with E-state index < -0.39 is 0 Å². The van der Waals surface area contributed by atoms with E-state index in [-0.39, 0.29) is 30.3 Å². The first-order valence-electron chi connectivity index (χ1n) is 8.78. The summed E-state index contributed by atoms with van der Waals surface area (Å²) in [5, 5.41) is 2.08. The largest absolute Gasteiger partial charge is 0.331 e. The minimum atomic E-state index is 0. The highest BCUT2D eigenvalue weighted by atomic mass is 35.5. The minimum absolute atomic E-state index is 0. The number of carbonyl (C=O) groups is 1. The molecule has 1 heterocycles. The fraction of sp³-hybridized carbons (Fsp3) is 0.450. The quantitative estimate of drug-likeness (QED) is 0.796. The van der Waals surface area contributed by atoms with Crippen molar-refractivity contribution in [1.82, 2.24) is 4.90 Å². The molecule has 136 valence electrons. The van der Waals surface area contributed by atoms with Gasteiger partial charge in [0.1, 0.15) is 0 Å². The van der Waals surface area contributed by atoms with Crippen LogP contribution in [0.15, 0.2) is 47.8 Å². The highest BCUT2D eigenvalue weighted by molar-refractivity contribution is 7.10. The van der Waals surface area contributed by atoms with Gasteiger partial charge in [0.2, 0.25) is 5.91 Å². The average Bonchev–Trinajstić information content (AvgIpc) is 3.30. The van der Waals surface area contributed by atoms with Crippen molar-refractivity contribution >= 4 is 29.7 Å². The van der Waals surface area contributed by atoms with Crippen molar-refractivity contribution in [3.8, 4) is 0 Å². The molecule has 5 heteroatoms. The minimum Gasteiger partial charge on any atom is -0.331 e. The Morgan fingerprint density at radius 3 is 2.64 bits per heavy atom. The summed E-state index contributed by atoms with van der Waals surface area (Å²) in [5.74, 6) is 0.695. The van der Waals surface area contributed by atoms with Crippen molar-refractivity contribution in [3.05, 3.63) is 58.3 Å². The lowest BCUT2D eigenvalue weighted by molar-refractivity contribution is -0.139. The molecule has 0 saturated heterocycles. The molecule has 1 aromatic heterocycles. The third-order valence-corrected chi connectivity index (χ3v) is 6.22. The predicted octanol–water partition coefficient (Wildman–Crippen LogP) is 4.63. The van der Waals surface area contributed by atoms with E-state index in [0.29, 0.717) is 19.0 Å². The van der Waals surface area contributed by atoms with E-state index in [1.165, 1.54) is 10.4 Å². The van der Waals surface area contributed by atoms with Gasteiger partial charge >= 0.3 is 0 Å². The summed E-state index contributed by atoms with van der Waals surface area (Å²) in [5.41, 5.74) is 7.09. The number of hydrogen-bond donors (Lipinski definition) is 1. The normalized spacial score (nSPS) is 20.7. The molecule has 1 aliphatic carbocycles. The van der Waals surface area contributed by atoms with E-state index >= 15 is 0 Å². The van der Waals surface area contributed by atoms with Crippen molar-refractivity contribution < 1.29 is 4.79 Å². The van der Waals surface area contributed by atoms with E-state index in [1.807, 2.05) is 18.2 Å². The Balaban J connectivity index is 0.00000225. The molecule has 25 heavy (non-hydrogen) atoms. The van der Waals surface area contributed by atoms with E-state index in [1.54, 1.807) is 11.3 Å². The highest BCUT2D eigenvalue weighted by Crippen LogP contribution is 2.36. The fourth-order valence-electron chi connectivity index (χ4n) is 3.73. The van der Waals surface area contributed by atoms with Gasteiger partial charge in [-0.2, -0.15) is 0 Å². The maximum Gasteiger partial charge on any atom is 0.226 e. The summed E-state index contributed by atoms with van der Waals surface area (Å²) in [4.78, 5) is 16.6. The number of rotatable bonds is 6. The first-order chi connectivity index (χ1) is 11.7. The SMILES string of the molecule is CC(c1cccs1)N(Cc1ccccc1)C(=O)[C@@H]1CCC[C@@H]1CN.Cl. The number of nitrogens with two attached hydrogens (primary N) is 1. The second-order valence-electron chi connectivity index (χ2n) is 6.68. The maximum absolute atomic E-state index is 13.3. The molecule has 2 aromatic rings. The number of thiophene rings is 1. The van der Waals surface area contributed by atoms with E-state index in [9.17, 15) is 4.79 Å². The van der Waals surface area contributed by atoms with Crippen LogP contribution >= 0.6 is 23.7 Å². The van der Waals surface area contributed by atoms with Gasteiger partial charge in [-0.1, -0.05) is 42.8 Å². The van der Waals surface area contributed by atoms with Crippen LogP contribution in [0, 0.1) is 11.8 Å². The molecular weight excluding hydrogens is 352 g/mol. The second-order valence-corrected chi connectivity index (χ2v) is 7.66. The van der Waals surface area contributed by atoms with Crippen LogP contribution in [-0.2, 0) is 11.3 Å². The van der Waals surface area contributed by atoms with Crippen LogP contribution in [-0.4, -0.2) is 17.4 Å². The lowest BCUT2D eigenvalue weighted by atomic mass is 9.94. The highest BCUT2D eigenvalue weighted by Gasteiger charge is 2.36. The molecule has 1 aliphatic rings. The first-order valence-corrected chi connectivity index (χ1v) is 9.66. The van der Waals surface area contributed by atoms with Crippen LogP contribution in [0.1, 0.15) is 42.7 Å². The lowest BCUT2D eigenvalue weighted by Crippen LogP contribution is -2.40. The van der Waals surface area contributed by atoms with Gasteiger partial charge in [-0.15, -0.1) is 23.7 Å². The first kappa shape index (κ1) is 20.0. The van der Waals surface area contributed by atoms with Gasteiger partial charge in [0.05, 0.1) is 6.04 Å². The molecule has 0 radical (unpaired) electrons. The lowest BCUT2D eigenvalue weighted by Gasteiger charge is -2.33. The number of nitrogens with zero attached hydrogens (tertiary/aromatic N) is 1. The third-order valence-electron chi connectivity index (χ3n) is 5.18. The third kappa shape index (κ3) is 4.63. The Morgan fingerprint density at radius 2 is 2.00 bits per heavy atom. The van der Waals surface area contributed by atoms with Crippen molar-refractivity contribution in [2.45, 2.75) is 38.8 Å². The molecule has 1 amide bonds. The molecule has 3 atom stereocenters. The Labute approximate surface area is 160 Å². The molecule has 0 spiro atoms.